The first-order valence-corrected chi connectivity index (χ1v) is 7.46. The molecule has 8 heteroatoms. The number of pyridine rings is 1. The Labute approximate surface area is 140 Å². The van der Waals surface area contributed by atoms with Gasteiger partial charge in [0, 0.05) is 33.3 Å². The number of nitrogens with zero attached hydrogens (tertiary/aromatic N) is 4. The van der Waals surface area contributed by atoms with Crippen molar-refractivity contribution in [2.24, 2.45) is 0 Å². The van der Waals surface area contributed by atoms with Gasteiger partial charge in [-0.1, -0.05) is 6.07 Å². The van der Waals surface area contributed by atoms with E-state index in [0.717, 1.165) is 5.56 Å². The van der Waals surface area contributed by atoms with Crippen LogP contribution < -0.4 is 15.5 Å². The number of aryl methyl sites for hydroxylation is 1. The van der Waals surface area contributed by atoms with Crippen molar-refractivity contribution in [2.75, 3.05) is 30.9 Å². The average molecular weight is 328 g/mol. The van der Waals surface area contributed by atoms with Crippen LogP contribution in [0.2, 0.25) is 0 Å². The minimum absolute atomic E-state index is 0.143. The topological polar surface area (TPSA) is 100 Å². The van der Waals surface area contributed by atoms with Crippen molar-refractivity contribution in [1.29, 1.82) is 0 Å². The lowest BCUT2D eigenvalue weighted by atomic mass is 10.3. The highest BCUT2D eigenvalue weighted by atomic mass is 16.2. The third-order valence-corrected chi connectivity index (χ3v) is 3.15. The summed E-state index contributed by atoms with van der Waals surface area (Å²) in [6, 6.07) is 3.59. The number of aromatic nitrogens is 3. The van der Waals surface area contributed by atoms with E-state index < -0.39 is 0 Å². The standard InChI is InChI=1S/C16H20N6O2/c1-11-4-5-13(19-8-11)21-15(23)6-7-17-16(24)12-9-20-14(10-18-12)22(2)3/h4-5,8-10H,6-7H2,1-3H3,(H,17,24)(H,19,21,23). The number of rotatable bonds is 6. The van der Waals surface area contributed by atoms with E-state index in [1.807, 2.05) is 27.1 Å². The highest BCUT2D eigenvalue weighted by molar-refractivity contribution is 5.93. The molecule has 0 aliphatic heterocycles. The van der Waals surface area contributed by atoms with E-state index in [1.54, 1.807) is 17.2 Å². The van der Waals surface area contributed by atoms with E-state index in [1.165, 1.54) is 12.4 Å². The maximum Gasteiger partial charge on any atom is 0.271 e. The Kier molecular flexibility index (Phi) is 5.78. The van der Waals surface area contributed by atoms with Crippen molar-refractivity contribution in [3.8, 4) is 0 Å². The lowest BCUT2D eigenvalue weighted by Gasteiger charge is -2.10. The molecule has 0 radical (unpaired) electrons. The number of carbonyl (C=O) groups excluding carboxylic acids is 2. The van der Waals surface area contributed by atoms with E-state index in [2.05, 4.69) is 25.6 Å². The lowest BCUT2D eigenvalue weighted by Crippen LogP contribution is -2.28. The van der Waals surface area contributed by atoms with Gasteiger partial charge in [0.05, 0.1) is 12.4 Å². The first kappa shape index (κ1) is 17.3. The molecule has 0 saturated carbocycles. The van der Waals surface area contributed by atoms with Crippen LogP contribution in [0.3, 0.4) is 0 Å². The van der Waals surface area contributed by atoms with Crippen LogP contribution >= 0.6 is 0 Å². The molecular weight excluding hydrogens is 308 g/mol. The van der Waals surface area contributed by atoms with E-state index in [4.69, 9.17) is 0 Å². The van der Waals surface area contributed by atoms with Crippen LogP contribution in [0.1, 0.15) is 22.5 Å². The summed E-state index contributed by atoms with van der Waals surface area (Å²) < 4.78 is 0. The summed E-state index contributed by atoms with van der Waals surface area (Å²) in [4.78, 5) is 37.8. The smallest absolute Gasteiger partial charge is 0.271 e. The number of hydrogen-bond acceptors (Lipinski definition) is 6. The molecule has 2 aromatic heterocycles. The fourth-order valence-electron chi connectivity index (χ4n) is 1.80. The fraction of sp³-hybridized carbons (Fsp3) is 0.312. The molecule has 2 heterocycles. The molecule has 2 aromatic rings. The van der Waals surface area contributed by atoms with Gasteiger partial charge in [0.1, 0.15) is 17.3 Å². The largest absolute Gasteiger partial charge is 0.361 e. The number of carbonyl (C=O) groups is 2. The molecule has 0 saturated heterocycles. The van der Waals surface area contributed by atoms with Crippen molar-refractivity contribution in [1.82, 2.24) is 20.3 Å². The highest BCUT2D eigenvalue weighted by Crippen LogP contribution is 2.05. The third kappa shape index (κ3) is 5.01. The van der Waals surface area contributed by atoms with Crippen LogP contribution in [0.25, 0.3) is 0 Å². The Morgan fingerprint density at radius 2 is 1.88 bits per heavy atom. The average Bonchev–Trinajstić information content (AvgIpc) is 2.57. The molecule has 0 atom stereocenters. The number of amides is 2. The number of nitrogens with one attached hydrogen (secondary N) is 2. The SMILES string of the molecule is Cc1ccc(NC(=O)CCNC(=O)c2cnc(N(C)C)cn2)nc1. The van der Waals surface area contributed by atoms with E-state index in [-0.39, 0.29) is 30.5 Å². The molecule has 0 aliphatic rings. The van der Waals surface area contributed by atoms with Crippen LogP contribution in [-0.4, -0.2) is 47.4 Å². The molecule has 0 unspecified atom stereocenters. The first-order chi connectivity index (χ1) is 11.5. The first-order valence-electron chi connectivity index (χ1n) is 7.46. The van der Waals surface area contributed by atoms with Gasteiger partial charge in [0.2, 0.25) is 5.91 Å². The fourth-order valence-corrected chi connectivity index (χ4v) is 1.80. The Hall–Kier alpha value is -3.03. The van der Waals surface area contributed by atoms with Crippen molar-refractivity contribution in [2.45, 2.75) is 13.3 Å². The zero-order chi connectivity index (χ0) is 17.5. The van der Waals surface area contributed by atoms with Crippen molar-refractivity contribution in [3.63, 3.8) is 0 Å². The summed E-state index contributed by atoms with van der Waals surface area (Å²) in [6.45, 7) is 2.12. The second-order valence-electron chi connectivity index (χ2n) is 5.43. The molecule has 0 bridgehead atoms. The summed E-state index contributed by atoms with van der Waals surface area (Å²) in [6.07, 6.45) is 4.74. The molecule has 8 nitrogen and oxygen atoms in total. The minimum atomic E-state index is -0.367. The Morgan fingerprint density at radius 1 is 1.08 bits per heavy atom. The lowest BCUT2D eigenvalue weighted by molar-refractivity contribution is -0.116. The molecule has 126 valence electrons. The van der Waals surface area contributed by atoms with Gasteiger partial charge in [0.25, 0.3) is 5.91 Å². The van der Waals surface area contributed by atoms with Gasteiger partial charge >= 0.3 is 0 Å². The van der Waals surface area contributed by atoms with Crippen LogP contribution in [0, 0.1) is 6.92 Å². The van der Waals surface area contributed by atoms with Crippen LogP contribution in [-0.2, 0) is 4.79 Å². The van der Waals surface area contributed by atoms with E-state index >= 15 is 0 Å². The number of hydrogen-bond donors (Lipinski definition) is 2. The predicted octanol–water partition coefficient (Wildman–Crippen LogP) is 1.00. The Bertz CT molecular complexity index is 698. The maximum atomic E-state index is 11.9. The second kappa shape index (κ2) is 8.00. The van der Waals surface area contributed by atoms with Crippen LogP contribution in [0.5, 0.6) is 0 Å². The van der Waals surface area contributed by atoms with Crippen LogP contribution in [0.15, 0.2) is 30.7 Å². The monoisotopic (exact) mass is 328 g/mol. The van der Waals surface area contributed by atoms with Crippen molar-refractivity contribution in [3.05, 3.63) is 42.0 Å². The van der Waals surface area contributed by atoms with Crippen molar-refractivity contribution < 1.29 is 9.59 Å². The third-order valence-electron chi connectivity index (χ3n) is 3.15. The van der Waals surface area contributed by atoms with Gasteiger partial charge in [-0.3, -0.25) is 9.59 Å². The second-order valence-corrected chi connectivity index (χ2v) is 5.43. The van der Waals surface area contributed by atoms with Gasteiger partial charge in [-0.25, -0.2) is 15.0 Å². The molecule has 2 rings (SSSR count). The maximum absolute atomic E-state index is 11.9. The molecule has 0 aromatic carbocycles. The van der Waals surface area contributed by atoms with Crippen molar-refractivity contribution >= 4 is 23.5 Å². The number of anilines is 2. The summed E-state index contributed by atoms with van der Waals surface area (Å²) in [5.41, 5.74) is 1.22. The van der Waals surface area contributed by atoms with Crippen LogP contribution in [0.4, 0.5) is 11.6 Å². The van der Waals surface area contributed by atoms with Gasteiger partial charge in [0.15, 0.2) is 0 Å². The molecule has 24 heavy (non-hydrogen) atoms. The Morgan fingerprint density at radius 3 is 2.46 bits per heavy atom. The quantitative estimate of drug-likeness (QED) is 0.821. The summed E-state index contributed by atoms with van der Waals surface area (Å²) in [5, 5.41) is 5.30. The highest BCUT2D eigenvalue weighted by Gasteiger charge is 2.09. The predicted molar refractivity (Wildman–Crippen MR) is 90.9 cm³/mol. The molecule has 2 N–H and O–H groups in total. The molecule has 0 aliphatic carbocycles. The van der Waals surface area contributed by atoms with Gasteiger partial charge in [-0.2, -0.15) is 0 Å². The summed E-state index contributed by atoms with van der Waals surface area (Å²) in [5.74, 6) is 0.563. The summed E-state index contributed by atoms with van der Waals surface area (Å²) >= 11 is 0. The van der Waals surface area contributed by atoms with Gasteiger partial charge < -0.3 is 15.5 Å². The normalized spacial score (nSPS) is 10.1. The van der Waals surface area contributed by atoms with E-state index in [0.29, 0.717) is 11.6 Å². The van der Waals surface area contributed by atoms with Gasteiger partial charge in [-0.05, 0) is 18.6 Å². The molecule has 2 amide bonds. The summed E-state index contributed by atoms with van der Waals surface area (Å²) in [7, 11) is 3.68. The zero-order valence-corrected chi connectivity index (χ0v) is 13.9. The zero-order valence-electron chi connectivity index (χ0n) is 13.9. The van der Waals surface area contributed by atoms with Gasteiger partial charge in [-0.15, -0.1) is 0 Å². The molecular formula is C16H20N6O2. The molecule has 0 spiro atoms. The Balaban J connectivity index is 1.77. The molecule has 0 fully saturated rings. The minimum Gasteiger partial charge on any atom is -0.361 e. The van der Waals surface area contributed by atoms with E-state index in [9.17, 15) is 9.59 Å².